The summed E-state index contributed by atoms with van der Waals surface area (Å²) < 4.78 is 15.3. The zero-order valence-electron chi connectivity index (χ0n) is 20.5. The Kier molecular flexibility index (Phi) is 9.59. The molecule has 198 valence electrons. The molecule has 2 aromatic rings. The molecule has 2 aliphatic heterocycles. The van der Waals surface area contributed by atoms with E-state index in [-0.39, 0.29) is 23.4 Å². The van der Waals surface area contributed by atoms with Gasteiger partial charge in [-0.25, -0.2) is 9.18 Å². The van der Waals surface area contributed by atoms with Crippen LogP contribution in [0.4, 0.5) is 14.9 Å². The summed E-state index contributed by atoms with van der Waals surface area (Å²) in [6, 6.07) is 10.8. The third kappa shape index (κ3) is 7.31. The first-order valence-corrected chi connectivity index (χ1v) is 14.2. The summed E-state index contributed by atoms with van der Waals surface area (Å²) in [5.74, 6) is -0.683. The van der Waals surface area contributed by atoms with Crippen LogP contribution in [0.5, 0.6) is 0 Å². The summed E-state index contributed by atoms with van der Waals surface area (Å²) in [6.07, 6.45) is 4.80. The van der Waals surface area contributed by atoms with Crippen molar-refractivity contribution in [2.75, 3.05) is 31.5 Å². The molecule has 0 aromatic heterocycles. The molecular weight excluding hydrogens is 607 g/mol. The number of halogens is 3. The number of carbonyl (C=O) groups excluding carboxylic acids is 3. The molecule has 0 saturated carbocycles. The van der Waals surface area contributed by atoms with E-state index in [0.717, 1.165) is 31.5 Å². The quantitative estimate of drug-likeness (QED) is 0.449. The number of hydrogen-bond acceptors (Lipinski definition) is 3. The van der Waals surface area contributed by atoms with E-state index in [4.69, 9.17) is 0 Å². The third-order valence-corrected chi connectivity index (χ3v) is 8.04. The molecule has 1 atom stereocenters. The number of nitrogens with one attached hydrogen (secondary N) is 2. The van der Waals surface area contributed by atoms with Crippen molar-refractivity contribution >= 4 is 55.4 Å². The van der Waals surface area contributed by atoms with Crippen LogP contribution < -0.4 is 10.6 Å². The number of urea groups is 1. The van der Waals surface area contributed by atoms with Crippen molar-refractivity contribution in [3.8, 4) is 0 Å². The molecule has 0 radical (unpaired) electrons. The number of anilines is 1. The molecule has 7 nitrogen and oxygen atoms in total. The van der Waals surface area contributed by atoms with Gasteiger partial charge >= 0.3 is 6.03 Å². The topological polar surface area (TPSA) is 81.8 Å². The van der Waals surface area contributed by atoms with E-state index >= 15 is 0 Å². The van der Waals surface area contributed by atoms with E-state index in [2.05, 4.69) is 42.5 Å². The van der Waals surface area contributed by atoms with Crippen molar-refractivity contribution < 1.29 is 18.8 Å². The van der Waals surface area contributed by atoms with Crippen LogP contribution in [0.15, 0.2) is 51.4 Å². The molecule has 2 aliphatic rings. The smallest absolute Gasteiger partial charge is 0.320 e. The number of amides is 4. The fraction of sp³-hybridized carbons (Fsp3) is 0.444. The lowest BCUT2D eigenvalue weighted by Gasteiger charge is -2.37. The maximum atomic E-state index is 14.4. The van der Waals surface area contributed by atoms with Gasteiger partial charge in [0.05, 0.1) is 5.69 Å². The first kappa shape index (κ1) is 27.6. The number of nitrogens with zero attached hydrogens (tertiary/aromatic N) is 2. The van der Waals surface area contributed by atoms with Crippen molar-refractivity contribution in [1.29, 1.82) is 0 Å². The van der Waals surface area contributed by atoms with Gasteiger partial charge in [-0.15, -0.1) is 0 Å². The Morgan fingerprint density at radius 3 is 2.27 bits per heavy atom. The molecule has 2 N–H and O–H groups in total. The lowest BCUT2D eigenvalue weighted by atomic mass is 9.93. The van der Waals surface area contributed by atoms with Gasteiger partial charge in [-0.1, -0.05) is 46.3 Å². The minimum atomic E-state index is -0.839. The molecule has 0 unspecified atom stereocenters. The van der Waals surface area contributed by atoms with E-state index < -0.39 is 17.9 Å². The van der Waals surface area contributed by atoms with Crippen LogP contribution in [-0.2, 0) is 16.0 Å². The normalized spacial score (nSPS) is 17.3. The van der Waals surface area contributed by atoms with Gasteiger partial charge in [0, 0.05) is 47.5 Å². The average Bonchev–Trinajstić information content (AvgIpc) is 2.90. The van der Waals surface area contributed by atoms with Gasteiger partial charge in [0.2, 0.25) is 11.8 Å². The van der Waals surface area contributed by atoms with Gasteiger partial charge in [0.1, 0.15) is 11.9 Å². The predicted molar refractivity (Wildman–Crippen MR) is 148 cm³/mol. The second kappa shape index (κ2) is 12.9. The second-order valence-electron chi connectivity index (χ2n) is 9.57. The maximum Gasteiger partial charge on any atom is 0.320 e. The Balaban J connectivity index is 1.41. The van der Waals surface area contributed by atoms with Crippen molar-refractivity contribution in [3.63, 3.8) is 0 Å². The Morgan fingerprint density at radius 2 is 1.62 bits per heavy atom. The van der Waals surface area contributed by atoms with Crippen molar-refractivity contribution in [1.82, 2.24) is 15.1 Å². The number of rotatable bonds is 6. The summed E-state index contributed by atoms with van der Waals surface area (Å²) in [5, 5.41) is 5.27. The fourth-order valence-corrected chi connectivity index (χ4v) is 6.23. The second-order valence-corrected chi connectivity index (χ2v) is 11.3. The van der Waals surface area contributed by atoms with Crippen LogP contribution in [0.1, 0.15) is 37.7 Å². The van der Waals surface area contributed by atoms with Crippen LogP contribution in [0.3, 0.4) is 0 Å². The van der Waals surface area contributed by atoms with Crippen LogP contribution in [-0.4, -0.2) is 59.9 Å². The van der Waals surface area contributed by atoms with Crippen molar-refractivity contribution in [3.05, 3.63) is 62.8 Å². The first-order valence-electron chi connectivity index (χ1n) is 12.7. The molecular formula is C27H31Br2FN4O3. The van der Waals surface area contributed by atoms with E-state index in [1.165, 1.54) is 12.5 Å². The molecule has 2 heterocycles. The highest BCUT2D eigenvalue weighted by Crippen LogP contribution is 2.29. The van der Waals surface area contributed by atoms with Gasteiger partial charge in [-0.2, -0.15) is 0 Å². The van der Waals surface area contributed by atoms with Crippen LogP contribution >= 0.6 is 31.9 Å². The van der Waals surface area contributed by atoms with Crippen LogP contribution in [0.2, 0.25) is 0 Å². The lowest BCUT2D eigenvalue weighted by molar-refractivity contribution is -0.142. The fourth-order valence-electron chi connectivity index (χ4n) is 4.96. The lowest BCUT2D eigenvalue weighted by Crippen LogP contribution is -2.53. The van der Waals surface area contributed by atoms with Gasteiger partial charge in [-0.05, 0) is 65.7 Å². The molecule has 4 rings (SSSR count). The summed E-state index contributed by atoms with van der Waals surface area (Å²) in [5.41, 5.74) is 0.885. The highest BCUT2D eigenvalue weighted by molar-refractivity contribution is 9.11. The van der Waals surface area contributed by atoms with E-state index in [1.54, 1.807) is 11.0 Å². The van der Waals surface area contributed by atoms with E-state index in [0.29, 0.717) is 41.3 Å². The Hall–Kier alpha value is -2.46. The standard InChI is InChI=1S/C27H31Br2FN4O3/c28-20-16-21(29)24(22(30)17-20)32-27(37)31-23(15-18-7-3-1-4-8-18)26(36)34-13-9-19(10-14-34)25(35)33-11-5-2-6-12-33/h1,3-4,7-8,16-17,19,23H,2,5-6,9-15H2,(H2,31,32,37)/t23-/m0/s1. The van der Waals surface area contributed by atoms with Gasteiger partial charge in [-0.3, -0.25) is 9.59 Å². The molecule has 0 bridgehead atoms. The summed E-state index contributed by atoms with van der Waals surface area (Å²) in [7, 11) is 0. The SMILES string of the molecule is O=C(Nc1c(F)cc(Br)cc1Br)N[C@@H](Cc1ccccc1)C(=O)N1CCC(C(=O)N2CCCCC2)CC1. The van der Waals surface area contributed by atoms with Crippen LogP contribution in [0, 0.1) is 11.7 Å². The molecule has 2 fully saturated rings. The highest BCUT2D eigenvalue weighted by atomic mass is 79.9. The number of carbonyl (C=O) groups is 3. The van der Waals surface area contributed by atoms with Gasteiger partial charge in [0.25, 0.3) is 0 Å². The van der Waals surface area contributed by atoms with E-state index in [1.807, 2.05) is 35.2 Å². The zero-order valence-corrected chi connectivity index (χ0v) is 23.7. The van der Waals surface area contributed by atoms with Gasteiger partial charge in [0.15, 0.2) is 0 Å². The maximum absolute atomic E-state index is 14.4. The Labute approximate surface area is 233 Å². The summed E-state index contributed by atoms with van der Waals surface area (Å²) in [6.45, 7) is 2.57. The van der Waals surface area contributed by atoms with E-state index in [9.17, 15) is 18.8 Å². The molecule has 37 heavy (non-hydrogen) atoms. The third-order valence-electron chi connectivity index (χ3n) is 6.96. The molecule has 0 spiro atoms. The van der Waals surface area contributed by atoms with Crippen molar-refractivity contribution in [2.24, 2.45) is 5.92 Å². The molecule has 0 aliphatic carbocycles. The number of benzene rings is 2. The van der Waals surface area contributed by atoms with Gasteiger partial charge < -0.3 is 20.4 Å². The average molecular weight is 638 g/mol. The first-order chi connectivity index (χ1) is 17.8. The van der Waals surface area contributed by atoms with Crippen molar-refractivity contribution in [2.45, 2.75) is 44.6 Å². The Morgan fingerprint density at radius 1 is 0.946 bits per heavy atom. The predicted octanol–water partition coefficient (Wildman–Crippen LogP) is 5.33. The monoisotopic (exact) mass is 636 g/mol. The largest absolute Gasteiger partial charge is 0.342 e. The Bertz CT molecular complexity index is 1100. The molecule has 2 aromatic carbocycles. The zero-order chi connectivity index (χ0) is 26.4. The summed E-state index contributed by atoms with van der Waals surface area (Å²) in [4.78, 5) is 43.0. The minimum Gasteiger partial charge on any atom is -0.342 e. The number of likely N-dealkylation sites (tertiary alicyclic amines) is 2. The molecule has 4 amide bonds. The minimum absolute atomic E-state index is 0.0105. The number of hydrogen-bond donors (Lipinski definition) is 2. The molecule has 10 heteroatoms. The number of piperidine rings is 2. The van der Waals surface area contributed by atoms with Crippen LogP contribution in [0.25, 0.3) is 0 Å². The highest BCUT2D eigenvalue weighted by Gasteiger charge is 2.33. The summed E-state index contributed by atoms with van der Waals surface area (Å²) >= 11 is 6.48. The molecule has 2 saturated heterocycles.